The van der Waals surface area contributed by atoms with Gasteiger partial charge in [0.05, 0.1) is 6.20 Å². The van der Waals surface area contributed by atoms with E-state index in [0.29, 0.717) is 49.2 Å². The van der Waals surface area contributed by atoms with Gasteiger partial charge in [-0.15, -0.1) is 0 Å². The van der Waals surface area contributed by atoms with Gasteiger partial charge in [0, 0.05) is 68.8 Å². The van der Waals surface area contributed by atoms with Gasteiger partial charge in [-0.3, -0.25) is 14.6 Å². The van der Waals surface area contributed by atoms with Gasteiger partial charge in [0.1, 0.15) is 5.69 Å². The van der Waals surface area contributed by atoms with Crippen molar-refractivity contribution in [2.45, 2.75) is 26.7 Å². The maximum absolute atomic E-state index is 12.9. The SMILES string of the molecule is CC(C)CCN(CCC(=O)N1CCN(c2cccc(Cl)c2)CC1)C(=O)c1cnccn1. The van der Waals surface area contributed by atoms with Crippen molar-refractivity contribution in [2.75, 3.05) is 44.2 Å². The molecule has 166 valence electrons. The van der Waals surface area contributed by atoms with Gasteiger partial charge in [0.15, 0.2) is 0 Å². The van der Waals surface area contributed by atoms with Gasteiger partial charge >= 0.3 is 0 Å². The minimum absolute atomic E-state index is 0.0761. The summed E-state index contributed by atoms with van der Waals surface area (Å²) >= 11 is 6.10. The number of piperazine rings is 1. The molecule has 0 unspecified atom stereocenters. The van der Waals surface area contributed by atoms with Crippen molar-refractivity contribution in [1.29, 1.82) is 0 Å². The standard InChI is InChI=1S/C23H30ClN5O2/c1-18(2)6-10-29(23(31)21-17-25-8-9-26-21)11-7-22(30)28-14-12-27(13-15-28)20-5-3-4-19(24)16-20/h3-5,8-9,16-18H,6-7,10-15H2,1-2H3. The molecular weight excluding hydrogens is 414 g/mol. The van der Waals surface area contributed by atoms with Crippen LogP contribution >= 0.6 is 11.6 Å². The summed E-state index contributed by atoms with van der Waals surface area (Å²) in [7, 11) is 0. The quantitative estimate of drug-likeness (QED) is 0.625. The van der Waals surface area contributed by atoms with Gasteiger partial charge in [-0.25, -0.2) is 4.98 Å². The van der Waals surface area contributed by atoms with Gasteiger partial charge < -0.3 is 14.7 Å². The molecule has 1 aliphatic heterocycles. The number of benzene rings is 1. The first kappa shape index (κ1) is 23.0. The second-order valence-corrected chi connectivity index (χ2v) is 8.60. The number of anilines is 1. The van der Waals surface area contributed by atoms with E-state index in [1.165, 1.54) is 12.4 Å². The molecule has 0 aliphatic carbocycles. The summed E-state index contributed by atoms with van der Waals surface area (Å²) in [6.07, 6.45) is 5.71. The van der Waals surface area contributed by atoms with E-state index in [9.17, 15) is 9.59 Å². The number of aromatic nitrogens is 2. The summed E-state index contributed by atoms with van der Waals surface area (Å²) in [5, 5.41) is 0.713. The van der Waals surface area contributed by atoms with Crippen LogP contribution in [0.3, 0.4) is 0 Å². The van der Waals surface area contributed by atoms with Gasteiger partial charge in [-0.1, -0.05) is 31.5 Å². The first-order valence-corrected chi connectivity index (χ1v) is 11.2. The average molecular weight is 444 g/mol. The number of halogens is 1. The van der Waals surface area contributed by atoms with Crippen LogP contribution in [-0.4, -0.2) is 70.9 Å². The fourth-order valence-corrected chi connectivity index (χ4v) is 3.76. The number of amides is 2. The van der Waals surface area contributed by atoms with Crippen molar-refractivity contribution in [3.8, 4) is 0 Å². The largest absolute Gasteiger partial charge is 0.368 e. The molecule has 0 radical (unpaired) electrons. The Bertz CT molecular complexity index is 869. The number of rotatable bonds is 8. The van der Waals surface area contributed by atoms with Gasteiger partial charge in [0.2, 0.25) is 5.91 Å². The highest BCUT2D eigenvalue weighted by molar-refractivity contribution is 6.30. The summed E-state index contributed by atoms with van der Waals surface area (Å²) in [6.45, 7) is 8.08. The average Bonchev–Trinajstić information content (AvgIpc) is 2.79. The smallest absolute Gasteiger partial charge is 0.274 e. The van der Waals surface area contributed by atoms with Crippen LogP contribution in [0.15, 0.2) is 42.9 Å². The lowest BCUT2D eigenvalue weighted by atomic mass is 10.1. The molecule has 31 heavy (non-hydrogen) atoms. The minimum Gasteiger partial charge on any atom is -0.368 e. The Morgan fingerprint density at radius 2 is 1.90 bits per heavy atom. The van der Waals surface area contributed by atoms with Crippen LogP contribution in [0.5, 0.6) is 0 Å². The van der Waals surface area contributed by atoms with Crippen LogP contribution in [0.4, 0.5) is 5.69 Å². The molecule has 0 atom stereocenters. The first-order chi connectivity index (χ1) is 14.9. The highest BCUT2D eigenvalue weighted by atomic mass is 35.5. The highest BCUT2D eigenvalue weighted by Crippen LogP contribution is 2.21. The predicted octanol–water partition coefficient (Wildman–Crippen LogP) is 3.36. The number of carbonyl (C=O) groups is 2. The molecule has 1 aliphatic rings. The normalized spacial score (nSPS) is 14.1. The summed E-state index contributed by atoms with van der Waals surface area (Å²) in [4.78, 5) is 39.6. The Kier molecular flexibility index (Phi) is 8.23. The van der Waals surface area contributed by atoms with Crippen molar-refractivity contribution in [3.63, 3.8) is 0 Å². The van der Waals surface area contributed by atoms with Crippen LogP contribution in [0.1, 0.15) is 37.2 Å². The topological polar surface area (TPSA) is 69.6 Å². The molecule has 0 bridgehead atoms. The van der Waals surface area contributed by atoms with Crippen LogP contribution in [0, 0.1) is 5.92 Å². The van der Waals surface area contributed by atoms with E-state index in [1.807, 2.05) is 29.2 Å². The molecule has 0 spiro atoms. The van der Waals surface area contributed by atoms with E-state index in [0.717, 1.165) is 25.2 Å². The molecule has 3 rings (SSSR count). The Balaban J connectivity index is 1.53. The molecule has 1 aromatic heterocycles. The summed E-state index contributed by atoms with van der Waals surface area (Å²) in [5.41, 5.74) is 1.39. The summed E-state index contributed by atoms with van der Waals surface area (Å²) in [6, 6.07) is 7.78. The fourth-order valence-electron chi connectivity index (χ4n) is 3.58. The van der Waals surface area contributed by atoms with Crippen LogP contribution < -0.4 is 4.90 Å². The third-order valence-electron chi connectivity index (χ3n) is 5.45. The zero-order valence-electron chi connectivity index (χ0n) is 18.2. The van der Waals surface area contributed by atoms with Crippen molar-refractivity contribution < 1.29 is 9.59 Å². The van der Waals surface area contributed by atoms with E-state index >= 15 is 0 Å². The lowest BCUT2D eigenvalue weighted by Gasteiger charge is -2.36. The molecule has 2 amide bonds. The summed E-state index contributed by atoms with van der Waals surface area (Å²) in [5.74, 6) is 0.368. The van der Waals surface area contributed by atoms with Crippen LogP contribution in [-0.2, 0) is 4.79 Å². The molecule has 7 nitrogen and oxygen atoms in total. The summed E-state index contributed by atoms with van der Waals surface area (Å²) < 4.78 is 0. The molecule has 1 saturated heterocycles. The van der Waals surface area contributed by atoms with E-state index < -0.39 is 0 Å². The zero-order valence-corrected chi connectivity index (χ0v) is 19.0. The van der Waals surface area contributed by atoms with Crippen molar-refractivity contribution in [1.82, 2.24) is 19.8 Å². The number of hydrogen-bond acceptors (Lipinski definition) is 5. The molecule has 2 heterocycles. The second-order valence-electron chi connectivity index (χ2n) is 8.16. The third-order valence-corrected chi connectivity index (χ3v) is 5.68. The molecule has 1 aromatic carbocycles. The predicted molar refractivity (Wildman–Crippen MR) is 122 cm³/mol. The van der Waals surface area contributed by atoms with Crippen LogP contribution in [0.25, 0.3) is 0 Å². The van der Waals surface area contributed by atoms with Crippen molar-refractivity contribution in [2.24, 2.45) is 5.92 Å². The van der Waals surface area contributed by atoms with Crippen molar-refractivity contribution >= 4 is 29.1 Å². The van der Waals surface area contributed by atoms with E-state index in [2.05, 4.69) is 28.7 Å². The highest BCUT2D eigenvalue weighted by Gasteiger charge is 2.23. The Morgan fingerprint density at radius 3 is 2.55 bits per heavy atom. The molecule has 0 saturated carbocycles. The van der Waals surface area contributed by atoms with Gasteiger partial charge in [-0.05, 0) is 30.5 Å². The maximum Gasteiger partial charge on any atom is 0.274 e. The van der Waals surface area contributed by atoms with E-state index in [4.69, 9.17) is 11.6 Å². The fraction of sp³-hybridized carbons (Fsp3) is 0.478. The first-order valence-electron chi connectivity index (χ1n) is 10.8. The minimum atomic E-state index is -0.174. The Hall–Kier alpha value is -2.67. The van der Waals surface area contributed by atoms with Gasteiger partial charge in [0.25, 0.3) is 5.91 Å². The van der Waals surface area contributed by atoms with E-state index in [-0.39, 0.29) is 11.8 Å². The number of carbonyl (C=O) groups excluding carboxylic acids is 2. The van der Waals surface area contributed by atoms with E-state index in [1.54, 1.807) is 11.1 Å². The lowest BCUT2D eigenvalue weighted by molar-refractivity contribution is -0.131. The zero-order chi connectivity index (χ0) is 22.2. The van der Waals surface area contributed by atoms with Gasteiger partial charge in [-0.2, -0.15) is 0 Å². The van der Waals surface area contributed by atoms with Crippen molar-refractivity contribution in [3.05, 3.63) is 53.6 Å². The second kappa shape index (κ2) is 11.1. The third kappa shape index (κ3) is 6.66. The Labute approximate surface area is 189 Å². The molecule has 1 fully saturated rings. The number of hydrogen-bond donors (Lipinski definition) is 0. The number of nitrogens with zero attached hydrogens (tertiary/aromatic N) is 5. The molecule has 8 heteroatoms. The maximum atomic E-state index is 12.9. The molecular formula is C23H30ClN5O2. The Morgan fingerprint density at radius 1 is 1.13 bits per heavy atom. The molecule has 2 aromatic rings. The lowest BCUT2D eigenvalue weighted by Crippen LogP contribution is -2.49. The molecule has 0 N–H and O–H groups in total. The van der Waals surface area contributed by atoms with Crippen LogP contribution in [0.2, 0.25) is 5.02 Å². The monoisotopic (exact) mass is 443 g/mol.